The molecule has 0 heterocycles. The predicted octanol–water partition coefficient (Wildman–Crippen LogP) is 2.97. The molecule has 0 amide bonds. The van der Waals surface area contributed by atoms with Crippen molar-refractivity contribution in [2.45, 2.75) is 45.1 Å². The second-order valence-electron chi connectivity index (χ2n) is 8.29. The molecule has 2 aromatic rings. The van der Waals surface area contributed by atoms with Crippen LogP contribution in [0.4, 0.5) is 0 Å². The normalized spacial score (nSPS) is 10.8. The monoisotopic (exact) mass is 517 g/mol. The number of aryl methyl sites for hydroxylation is 1. The maximum Gasteiger partial charge on any atom is 0.336 e. The lowest BCUT2D eigenvalue weighted by atomic mass is 9.96. The zero-order valence-electron chi connectivity index (χ0n) is 21.1. The van der Waals surface area contributed by atoms with Gasteiger partial charge in [0.25, 0.3) is 0 Å². The van der Waals surface area contributed by atoms with Crippen LogP contribution in [0.5, 0.6) is 5.75 Å². The number of rotatable bonds is 15. The van der Waals surface area contributed by atoms with E-state index in [0.717, 1.165) is 37.4 Å². The SMILES string of the molecule is CCN(CC)CCOc1ccc(C(=O)CCc2ccccc2)cc1.O=C(O)CC(O)(CC(=O)O)C(=O)O. The quantitative estimate of drug-likeness (QED) is 0.258. The summed E-state index contributed by atoms with van der Waals surface area (Å²) in [6.45, 7) is 7.97. The van der Waals surface area contributed by atoms with Crippen LogP contribution < -0.4 is 4.74 Å². The summed E-state index contributed by atoms with van der Waals surface area (Å²) in [5, 5.41) is 33.8. The van der Waals surface area contributed by atoms with Gasteiger partial charge in [0.05, 0.1) is 12.8 Å². The molecule has 0 spiro atoms. The van der Waals surface area contributed by atoms with Gasteiger partial charge in [0.15, 0.2) is 11.4 Å². The fourth-order valence-corrected chi connectivity index (χ4v) is 3.33. The molecule has 37 heavy (non-hydrogen) atoms. The third-order valence-electron chi connectivity index (χ3n) is 5.52. The van der Waals surface area contributed by atoms with Crippen molar-refractivity contribution in [3.63, 3.8) is 0 Å². The molecule has 10 nitrogen and oxygen atoms in total. The summed E-state index contributed by atoms with van der Waals surface area (Å²) in [7, 11) is 0. The van der Waals surface area contributed by atoms with Crippen molar-refractivity contribution >= 4 is 23.7 Å². The van der Waals surface area contributed by atoms with Gasteiger partial charge in [-0.05, 0) is 49.3 Å². The molecule has 10 heteroatoms. The van der Waals surface area contributed by atoms with Crippen LogP contribution in [0, 0.1) is 0 Å². The van der Waals surface area contributed by atoms with Crippen molar-refractivity contribution in [1.82, 2.24) is 4.90 Å². The van der Waals surface area contributed by atoms with Gasteiger partial charge in [-0.1, -0.05) is 44.2 Å². The van der Waals surface area contributed by atoms with E-state index in [9.17, 15) is 19.2 Å². The molecule has 0 saturated carbocycles. The molecule has 0 unspecified atom stereocenters. The van der Waals surface area contributed by atoms with Gasteiger partial charge < -0.3 is 30.1 Å². The Kier molecular flexibility index (Phi) is 13.6. The number of nitrogens with zero attached hydrogens (tertiary/aromatic N) is 1. The van der Waals surface area contributed by atoms with Gasteiger partial charge in [-0.2, -0.15) is 0 Å². The van der Waals surface area contributed by atoms with Gasteiger partial charge >= 0.3 is 17.9 Å². The fourth-order valence-electron chi connectivity index (χ4n) is 3.33. The summed E-state index contributed by atoms with van der Waals surface area (Å²) in [6, 6.07) is 17.6. The van der Waals surface area contributed by atoms with Crippen molar-refractivity contribution in [2.75, 3.05) is 26.2 Å². The summed E-state index contributed by atoms with van der Waals surface area (Å²) in [6.07, 6.45) is -0.975. The molecule has 202 valence electrons. The van der Waals surface area contributed by atoms with Crippen LogP contribution >= 0.6 is 0 Å². The summed E-state index contributed by atoms with van der Waals surface area (Å²) < 4.78 is 5.75. The third kappa shape index (κ3) is 12.2. The first kappa shape index (κ1) is 31.3. The van der Waals surface area contributed by atoms with Gasteiger partial charge in [-0.3, -0.25) is 14.4 Å². The number of benzene rings is 2. The van der Waals surface area contributed by atoms with Gasteiger partial charge in [-0.15, -0.1) is 0 Å². The largest absolute Gasteiger partial charge is 0.492 e. The standard InChI is InChI=1S/C21H27NO2.C6H8O7/c1-3-22(4-2)16-17-24-20-13-11-19(12-14-20)21(23)15-10-18-8-6-5-7-9-18;7-3(8)1-6(13,5(11)12)2-4(9)10/h5-9,11-14H,3-4,10,15-17H2,1-2H3;13H,1-2H2,(H,7,8)(H,9,10)(H,11,12). The average molecular weight is 518 g/mol. The van der Waals surface area contributed by atoms with Gasteiger partial charge in [0.1, 0.15) is 12.4 Å². The van der Waals surface area contributed by atoms with Crippen molar-refractivity contribution in [2.24, 2.45) is 0 Å². The van der Waals surface area contributed by atoms with E-state index in [1.807, 2.05) is 42.5 Å². The van der Waals surface area contributed by atoms with Gasteiger partial charge in [0, 0.05) is 18.5 Å². The van der Waals surface area contributed by atoms with Crippen LogP contribution in [0.15, 0.2) is 54.6 Å². The highest BCUT2D eigenvalue weighted by atomic mass is 16.5. The number of aliphatic carboxylic acids is 3. The molecule has 0 aliphatic heterocycles. The Labute approximate surface area is 216 Å². The minimum Gasteiger partial charge on any atom is -0.492 e. The summed E-state index contributed by atoms with van der Waals surface area (Å²) >= 11 is 0. The number of ketones is 1. The average Bonchev–Trinajstić information content (AvgIpc) is 2.85. The van der Waals surface area contributed by atoms with E-state index in [2.05, 4.69) is 30.9 Å². The van der Waals surface area contributed by atoms with Crippen LogP contribution in [0.2, 0.25) is 0 Å². The summed E-state index contributed by atoms with van der Waals surface area (Å²) in [5.41, 5.74) is -0.790. The lowest BCUT2D eigenvalue weighted by molar-refractivity contribution is -0.170. The van der Waals surface area contributed by atoms with E-state index in [4.69, 9.17) is 25.2 Å². The van der Waals surface area contributed by atoms with E-state index in [1.54, 1.807) is 0 Å². The molecular formula is C27H35NO9. The van der Waals surface area contributed by atoms with Crippen molar-refractivity contribution < 1.29 is 44.3 Å². The Hall–Kier alpha value is -3.76. The van der Waals surface area contributed by atoms with Crippen molar-refractivity contribution in [3.05, 3.63) is 65.7 Å². The van der Waals surface area contributed by atoms with E-state index < -0.39 is 36.4 Å². The van der Waals surface area contributed by atoms with Gasteiger partial charge in [0.2, 0.25) is 0 Å². The minimum atomic E-state index is -2.74. The zero-order valence-corrected chi connectivity index (χ0v) is 21.1. The number of carboxylic acid groups (broad SMARTS) is 3. The first-order valence-electron chi connectivity index (χ1n) is 11.9. The van der Waals surface area contributed by atoms with E-state index in [0.29, 0.717) is 13.0 Å². The highest BCUT2D eigenvalue weighted by molar-refractivity contribution is 5.96. The van der Waals surface area contributed by atoms with Crippen LogP contribution in [0.25, 0.3) is 0 Å². The van der Waals surface area contributed by atoms with Gasteiger partial charge in [-0.25, -0.2) is 4.79 Å². The van der Waals surface area contributed by atoms with Crippen LogP contribution in [-0.2, 0) is 20.8 Å². The Morgan fingerprint density at radius 1 is 0.838 bits per heavy atom. The first-order chi connectivity index (χ1) is 17.5. The van der Waals surface area contributed by atoms with Crippen molar-refractivity contribution in [1.29, 1.82) is 0 Å². The number of carbonyl (C=O) groups is 4. The molecule has 2 aromatic carbocycles. The summed E-state index contributed by atoms with van der Waals surface area (Å²) in [4.78, 5) is 45.1. The number of hydrogen-bond acceptors (Lipinski definition) is 7. The Balaban J connectivity index is 0.000000448. The first-order valence-corrected chi connectivity index (χ1v) is 11.9. The van der Waals surface area contributed by atoms with Crippen LogP contribution in [0.3, 0.4) is 0 Å². The number of ether oxygens (including phenoxy) is 1. The molecule has 0 saturated heterocycles. The molecule has 4 N–H and O–H groups in total. The number of aliphatic hydroxyl groups is 1. The number of hydrogen-bond donors (Lipinski definition) is 4. The molecule has 0 fully saturated rings. The van der Waals surface area contributed by atoms with E-state index in [1.165, 1.54) is 5.56 Å². The van der Waals surface area contributed by atoms with Crippen LogP contribution in [-0.4, -0.2) is 80.9 Å². The zero-order chi connectivity index (χ0) is 27.8. The molecule has 0 bridgehead atoms. The van der Waals surface area contributed by atoms with Crippen LogP contribution in [0.1, 0.15) is 49.0 Å². The third-order valence-corrected chi connectivity index (χ3v) is 5.52. The number of carboxylic acids is 3. The maximum atomic E-state index is 12.3. The van der Waals surface area contributed by atoms with E-state index in [-0.39, 0.29) is 5.78 Å². The highest BCUT2D eigenvalue weighted by Gasteiger charge is 2.40. The second kappa shape index (κ2) is 16.1. The molecule has 0 atom stereocenters. The Morgan fingerprint density at radius 2 is 1.38 bits per heavy atom. The minimum absolute atomic E-state index is 0.175. The highest BCUT2D eigenvalue weighted by Crippen LogP contribution is 2.16. The summed E-state index contributed by atoms with van der Waals surface area (Å²) in [5.74, 6) is -4.02. The molecule has 0 aliphatic rings. The smallest absolute Gasteiger partial charge is 0.336 e. The number of Topliss-reactive ketones (excluding diaryl/α,β-unsaturated/α-hetero) is 1. The fraction of sp³-hybridized carbons (Fsp3) is 0.407. The Bertz CT molecular complexity index is 986. The number of carbonyl (C=O) groups excluding carboxylic acids is 1. The molecule has 2 rings (SSSR count). The lowest BCUT2D eigenvalue weighted by Crippen LogP contribution is -2.42. The molecule has 0 aromatic heterocycles. The lowest BCUT2D eigenvalue weighted by Gasteiger charge is -2.18. The molecule has 0 radical (unpaired) electrons. The predicted molar refractivity (Wildman–Crippen MR) is 136 cm³/mol. The molecule has 0 aliphatic carbocycles. The Morgan fingerprint density at radius 3 is 1.84 bits per heavy atom. The van der Waals surface area contributed by atoms with Crippen molar-refractivity contribution in [3.8, 4) is 5.75 Å². The maximum absolute atomic E-state index is 12.3. The second-order valence-corrected chi connectivity index (χ2v) is 8.29. The van der Waals surface area contributed by atoms with E-state index >= 15 is 0 Å². The number of likely N-dealkylation sites (N-methyl/N-ethyl adjacent to an activating group) is 1. The molecular weight excluding hydrogens is 482 g/mol. The topological polar surface area (TPSA) is 162 Å².